The van der Waals surface area contributed by atoms with Gasteiger partial charge in [0.15, 0.2) is 0 Å². The van der Waals surface area contributed by atoms with Gasteiger partial charge in [-0.2, -0.15) is 0 Å². The molecule has 0 aromatic rings. The highest BCUT2D eigenvalue weighted by molar-refractivity contribution is 4.50. The predicted molar refractivity (Wildman–Crippen MR) is 36.8 cm³/mol. The van der Waals surface area contributed by atoms with E-state index < -0.39 is 0 Å². The second kappa shape index (κ2) is 5.06. The molecule has 0 saturated heterocycles. The van der Waals surface area contributed by atoms with Crippen LogP contribution in [-0.4, -0.2) is 31.1 Å². The van der Waals surface area contributed by atoms with Crippen LogP contribution in [0.25, 0.3) is 0 Å². The molecule has 0 atom stereocenters. The third-order valence-corrected chi connectivity index (χ3v) is 1.34. The molecule has 0 fully saturated rings. The summed E-state index contributed by atoms with van der Waals surface area (Å²) in [6.45, 7) is 8.36. The highest BCUT2D eigenvalue weighted by atomic mass is 15.5. The molecule has 0 saturated carbocycles. The van der Waals surface area contributed by atoms with Crippen molar-refractivity contribution in [1.82, 2.24) is 4.90 Å². The minimum atomic E-state index is 0.779. The maximum atomic E-state index is 5.34. The van der Waals surface area contributed by atoms with E-state index in [1.807, 2.05) is 0 Å². The molecule has 0 amide bonds. The number of rotatable bonds is 4. The lowest BCUT2D eigenvalue weighted by molar-refractivity contribution is 0.312. The normalized spacial score (nSPS) is 10.5. The zero-order valence-corrected chi connectivity index (χ0v) is 5.85. The van der Waals surface area contributed by atoms with E-state index in [1.54, 1.807) is 0 Å². The molecule has 0 unspecified atom stereocenters. The quantitative estimate of drug-likeness (QED) is 0.574. The summed E-state index contributed by atoms with van der Waals surface area (Å²) >= 11 is 0. The van der Waals surface area contributed by atoms with Gasteiger partial charge in [-0.05, 0) is 13.1 Å². The molecule has 2 nitrogen and oxygen atoms in total. The number of hydrogen-bond acceptors (Lipinski definition) is 2. The Kier molecular flexibility index (Phi) is 5.01. The van der Waals surface area contributed by atoms with Crippen molar-refractivity contribution in [3.63, 3.8) is 0 Å². The Hall–Kier alpha value is -0.0800. The fourth-order valence-electron chi connectivity index (χ4n) is 0.722. The maximum absolute atomic E-state index is 5.34. The SMILES string of the molecule is CCN(CC)[14CH2]CN. The monoisotopic (exact) mass is 118 g/mol. The van der Waals surface area contributed by atoms with Crippen molar-refractivity contribution >= 4 is 0 Å². The van der Waals surface area contributed by atoms with Crippen molar-refractivity contribution in [3.05, 3.63) is 0 Å². The highest BCUT2D eigenvalue weighted by Crippen LogP contribution is 1.81. The van der Waals surface area contributed by atoms with E-state index in [-0.39, 0.29) is 0 Å². The second-order valence-electron chi connectivity index (χ2n) is 1.82. The fourth-order valence-corrected chi connectivity index (χ4v) is 0.722. The maximum Gasteiger partial charge on any atom is 0.0104 e. The molecule has 0 aromatic carbocycles. The van der Waals surface area contributed by atoms with Gasteiger partial charge in [-0.25, -0.2) is 0 Å². The van der Waals surface area contributed by atoms with Gasteiger partial charge in [-0.15, -0.1) is 0 Å². The zero-order chi connectivity index (χ0) is 6.41. The molecule has 0 radical (unpaired) electrons. The lowest BCUT2D eigenvalue weighted by atomic mass is 10.6. The van der Waals surface area contributed by atoms with E-state index in [2.05, 4.69) is 18.7 Å². The molecule has 0 aliphatic heterocycles. The largest absolute Gasteiger partial charge is 0.329 e. The van der Waals surface area contributed by atoms with Gasteiger partial charge in [0.1, 0.15) is 0 Å². The molecule has 8 heavy (non-hydrogen) atoms. The third kappa shape index (κ3) is 2.99. The summed E-state index contributed by atoms with van der Waals surface area (Å²) in [6.07, 6.45) is 0. The molecule has 2 N–H and O–H groups in total. The first kappa shape index (κ1) is 7.92. The van der Waals surface area contributed by atoms with Crippen molar-refractivity contribution in [2.75, 3.05) is 26.2 Å². The first-order valence-corrected chi connectivity index (χ1v) is 3.27. The van der Waals surface area contributed by atoms with Crippen LogP contribution in [0.4, 0.5) is 0 Å². The molecule has 0 aromatic heterocycles. The van der Waals surface area contributed by atoms with Crippen LogP contribution in [-0.2, 0) is 0 Å². The highest BCUT2D eigenvalue weighted by Gasteiger charge is 1.92. The van der Waals surface area contributed by atoms with Gasteiger partial charge in [-0.3, -0.25) is 0 Å². The van der Waals surface area contributed by atoms with Gasteiger partial charge in [-0.1, -0.05) is 13.8 Å². The topological polar surface area (TPSA) is 29.3 Å². The Balaban J connectivity index is 3.07. The summed E-state index contributed by atoms with van der Waals surface area (Å²) in [4.78, 5) is 2.31. The molecule has 0 rings (SSSR count). The molecular formula is C6H16N2. The number of hydrogen-bond donors (Lipinski definition) is 1. The molecule has 2 heteroatoms. The molecule has 0 bridgehead atoms. The second-order valence-corrected chi connectivity index (χ2v) is 1.82. The first-order chi connectivity index (χ1) is 3.85. The summed E-state index contributed by atoms with van der Waals surface area (Å²) < 4.78 is 0. The van der Waals surface area contributed by atoms with Crippen molar-refractivity contribution in [3.8, 4) is 0 Å². The average molecular weight is 118 g/mol. The Morgan fingerprint density at radius 2 is 1.88 bits per heavy atom. The van der Waals surface area contributed by atoms with Crippen LogP contribution in [0.5, 0.6) is 0 Å². The number of likely N-dealkylation sites (N-methyl/N-ethyl adjacent to an activating group) is 1. The lowest BCUT2D eigenvalue weighted by Crippen LogP contribution is -2.28. The van der Waals surface area contributed by atoms with E-state index in [4.69, 9.17) is 5.73 Å². The molecule has 0 spiro atoms. The fraction of sp³-hybridized carbons (Fsp3) is 1.00. The van der Waals surface area contributed by atoms with Crippen LogP contribution in [0.1, 0.15) is 13.8 Å². The summed E-state index contributed by atoms with van der Waals surface area (Å²) in [5, 5.41) is 0. The summed E-state index contributed by atoms with van der Waals surface area (Å²) in [7, 11) is 0. The van der Waals surface area contributed by atoms with Crippen molar-refractivity contribution in [1.29, 1.82) is 0 Å². The van der Waals surface area contributed by atoms with Crippen molar-refractivity contribution < 1.29 is 0 Å². The summed E-state index contributed by atoms with van der Waals surface area (Å²) in [5.41, 5.74) is 5.34. The van der Waals surface area contributed by atoms with Gasteiger partial charge >= 0.3 is 0 Å². The molecular weight excluding hydrogens is 102 g/mol. The molecule has 0 aliphatic rings. The minimum Gasteiger partial charge on any atom is -0.329 e. The molecule has 0 heterocycles. The minimum absolute atomic E-state index is 0.779. The first-order valence-electron chi connectivity index (χ1n) is 3.27. The molecule has 0 aliphatic carbocycles. The number of nitrogens with zero attached hydrogens (tertiary/aromatic N) is 1. The van der Waals surface area contributed by atoms with Crippen LogP contribution in [0.15, 0.2) is 0 Å². The lowest BCUT2D eigenvalue weighted by Gasteiger charge is -2.15. The van der Waals surface area contributed by atoms with E-state index in [9.17, 15) is 0 Å². The van der Waals surface area contributed by atoms with Crippen LogP contribution in [0.2, 0.25) is 0 Å². The third-order valence-electron chi connectivity index (χ3n) is 1.34. The average Bonchev–Trinajstić information content (AvgIpc) is 1.83. The standard InChI is InChI=1S/C6H16N2/c1-3-8(4-2)6-5-7/h3-7H2,1-2H3/i6+2. The summed E-state index contributed by atoms with van der Waals surface area (Å²) in [6, 6.07) is 0. The van der Waals surface area contributed by atoms with Gasteiger partial charge in [0.25, 0.3) is 0 Å². The van der Waals surface area contributed by atoms with Gasteiger partial charge in [0, 0.05) is 13.1 Å². The van der Waals surface area contributed by atoms with Crippen molar-refractivity contribution in [2.45, 2.75) is 13.8 Å². The van der Waals surface area contributed by atoms with Gasteiger partial charge < -0.3 is 10.6 Å². The van der Waals surface area contributed by atoms with Crippen molar-refractivity contribution in [2.24, 2.45) is 5.73 Å². The van der Waals surface area contributed by atoms with Crippen LogP contribution in [0, 0.1) is 0 Å². The van der Waals surface area contributed by atoms with Gasteiger partial charge in [0.2, 0.25) is 0 Å². The van der Waals surface area contributed by atoms with Crippen LogP contribution in [0.3, 0.4) is 0 Å². The van der Waals surface area contributed by atoms with Crippen LogP contribution >= 0.6 is 0 Å². The Bertz CT molecular complexity index is 41.8. The Morgan fingerprint density at radius 1 is 1.38 bits per heavy atom. The predicted octanol–water partition coefficient (Wildman–Crippen LogP) is 0.287. The number of nitrogens with two attached hydrogens (primary N) is 1. The Morgan fingerprint density at radius 3 is 2.00 bits per heavy atom. The van der Waals surface area contributed by atoms with E-state index in [0.29, 0.717) is 0 Å². The van der Waals surface area contributed by atoms with Gasteiger partial charge in [0.05, 0.1) is 0 Å². The Labute approximate surface area is 51.7 Å². The summed E-state index contributed by atoms with van der Waals surface area (Å²) in [5.74, 6) is 0. The molecule has 50 valence electrons. The smallest absolute Gasteiger partial charge is 0.0104 e. The van der Waals surface area contributed by atoms with E-state index in [0.717, 1.165) is 26.2 Å². The van der Waals surface area contributed by atoms with E-state index in [1.165, 1.54) is 0 Å². The van der Waals surface area contributed by atoms with E-state index >= 15 is 0 Å². The zero-order valence-electron chi connectivity index (χ0n) is 5.85. The van der Waals surface area contributed by atoms with Crippen LogP contribution < -0.4 is 5.73 Å².